The van der Waals surface area contributed by atoms with Crippen LogP contribution in [0.3, 0.4) is 0 Å². The second kappa shape index (κ2) is 9.05. The molecule has 0 aliphatic heterocycles. The fourth-order valence-corrected chi connectivity index (χ4v) is 3.44. The Hall–Kier alpha value is -3.94. The Bertz CT molecular complexity index is 1320. The van der Waals surface area contributed by atoms with Gasteiger partial charge in [0.15, 0.2) is 0 Å². The van der Waals surface area contributed by atoms with Crippen molar-refractivity contribution < 1.29 is 9.53 Å². The smallest absolute Gasteiger partial charge is 0.300 e. The second-order valence-electron chi connectivity index (χ2n) is 7.68. The lowest BCUT2D eigenvalue weighted by atomic mass is 10.1. The molecule has 0 radical (unpaired) electrons. The minimum atomic E-state index is -0.251. The Morgan fingerprint density at radius 2 is 1.81 bits per heavy atom. The number of nitrogens with one attached hydrogen (secondary N) is 1. The molecule has 8 nitrogen and oxygen atoms in total. The molecular weight excluding hydrogens is 406 g/mol. The highest BCUT2D eigenvalue weighted by Crippen LogP contribution is 2.14. The Kier molecular flexibility index (Phi) is 6.02. The number of hydrogen-bond acceptors (Lipinski definition) is 5. The van der Waals surface area contributed by atoms with E-state index in [-0.39, 0.29) is 23.5 Å². The Labute approximate surface area is 185 Å². The Morgan fingerprint density at radius 1 is 1.03 bits per heavy atom. The van der Waals surface area contributed by atoms with Gasteiger partial charge in [-0.25, -0.2) is 0 Å². The number of aryl methyl sites for hydroxylation is 3. The van der Waals surface area contributed by atoms with Gasteiger partial charge in [0.2, 0.25) is 11.6 Å². The van der Waals surface area contributed by atoms with Crippen molar-refractivity contribution in [2.75, 3.05) is 7.11 Å². The summed E-state index contributed by atoms with van der Waals surface area (Å²) in [6, 6.07) is 13.4. The highest BCUT2D eigenvalue weighted by Gasteiger charge is 2.13. The van der Waals surface area contributed by atoms with E-state index in [0.717, 1.165) is 28.1 Å². The van der Waals surface area contributed by atoms with Gasteiger partial charge in [0.25, 0.3) is 0 Å². The predicted octanol–water partition coefficient (Wildman–Crippen LogP) is 2.75. The molecule has 4 aromatic rings. The van der Waals surface area contributed by atoms with Crippen molar-refractivity contribution in [3.63, 3.8) is 0 Å². The highest BCUT2D eigenvalue weighted by molar-refractivity contribution is 5.76. The van der Waals surface area contributed by atoms with Gasteiger partial charge in [0, 0.05) is 37.5 Å². The number of methoxy groups -OCH3 is 1. The third-order valence-electron chi connectivity index (χ3n) is 5.53. The Morgan fingerprint density at radius 3 is 2.53 bits per heavy atom. The standard InChI is InChI=1S/C24H25N5O3/c1-16-4-7-19(14-17(16)2)28-12-13-29-21(26-27-23(29)24(28)31)10-11-22(30)25-15-18-5-8-20(32-3)9-6-18/h4-9,12-14H,10-11,15H2,1-3H3,(H,25,30). The van der Waals surface area contributed by atoms with E-state index < -0.39 is 0 Å². The number of carbonyl (C=O) groups is 1. The molecule has 0 saturated heterocycles. The number of fused-ring (bicyclic) bond motifs is 1. The van der Waals surface area contributed by atoms with Crippen LogP contribution in [-0.2, 0) is 17.8 Å². The van der Waals surface area contributed by atoms with Crippen molar-refractivity contribution in [2.24, 2.45) is 0 Å². The molecule has 0 unspecified atom stereocenters. The summed E-state index contributed by atoms with van der Waals surface area (Å²) in [7, 11) is 1.61. The maximum Gasteiger partial charge on any atom is 0.300 e. The topological polar surface area (TPSA) is 90.5 Å². The zero-order chi connectivity index (χ0) is 22.7. The van der Waals surface area contributed by atoms with Gasteiger partial charge in [-0.05, 0) is 54.8 Å². The van der Waals surface area contributed by atoms with Gasteiger partial charge in [0.05, 0.1) is 7.11 Å². The quantitative estimate of drug-likeness (QED) is 0.486. The van der Waals surface area contributed by atoms with Gasteiger partial charge >= 0.3 is 5.56 Å². The maximum absolute atomic E-state index is 12.9. The molecule has 0 aliphatic carbocycles. The molecule has 0 fully saturated rings. The van der Waals surface area contributed by atoms with E-state index in [1.54, 1.807) is 28.5 Å². The van der Waals surface area contributed by atoms with E-state index in [1.807, 2.05) is 56.3 Å². The van der Waals surface area contributed by atoms with Gasteiger partial charge in [0.1, 0.15) is 11.6 Å². The first-order valence-corrected chi connectivity index (χ1v) is 10.4. The molecule has 2 aromatic carbocycles. The number of amides is 1. The zero-order valence-corrected chi connectivity index (χ0v) is 18.3. The van der Waals surface area contributed by atoms with Gasteiger partial charge in [-0.2, -0.15) is 0 Å². The lowest BCUT2D eigenvalue weighted by Crippen LogP contribution is -2.23. The Balaban J connectivity index is 1.43. The number of nitrogens with zero attached hydrogens (tertiary/aromatic N) is 4. The molecule has 1 N–H and O–H groups in total. The molecule has 4 rings (SSSR count). The number of benzene rings is 2. The first kappa shape index (κ1) is 21.3. The fraction of sp³-hybridized carbons (Fsp3) is 0.250. The van der Waals surface area contributed by atoms with Crippen LogP contribution >= 0.6 is 0 Å². The first-order valence-electron chi connectivity index (χ1n) is 10.4. The van der Waals surface area contributed by atoms with E-state index in [1.165, 1.54) is 0 Å². The van der Waals surface area contributed by atoms with Crippen molar-refractivity contribution in [1.29, 1.82) is 0 Å². The number of carbonyl (C=O) groups excluding carboxylic acids is 1. The van der Waals surface area contributed by atoms with Gasteiger partial charge in [-0.15, -0.1) is 10.2 Å². The first-order chi connectivity index (χ1) is 15.5. The van der Waals surface area contributed by atoms with Crippen LogP contribution in [0, 0.1) is 13.8 Å². The lowest BCUT2D eigenvalue weighted by Gasteiger charge is -2.09. The molecule has 164 valence electrons. The number of hydrogen-bond donors (Lipinski definition) is 1. The average molecular weight is 431 g/mol. The summed E-state index contributed by atoms with van der Waals surface area (Å²) >= 11 is 0. The van der Waals surface area contributed by atoms with E-state index in [2.05, 4.69) is 15.5 Å². The van der Waals surface area contributed by atoms with Crippen molar-refractivity contribution in [2.45, 2.75) is 33.2 Å². The molecule has 0 spiro atoms. The summed E-state index contributed by atoms with van der Waals surface area (Å²) in [6.07, 6.45) is 4.09. The van der Waals surface area contributed by atoms with Crippen molar-refractivity contribution in [3.05, 3.63) is 87.7 Å². The van der Waals surface area contributed by atoms with Crippen LogP contribution in [0.15, 0.2) is 59.7 Å². The predicted molar refractivity (Wildman–Crippen MR) is 121 cm³/mol. The van der Waals surface area contributed by atoms with Crippen LogP contribution in [-0.4, -0.2) is 32.2 Å². The van der Waals surface area contributed by atoms with E-state index in [9.17, 15) is 9.59 Å². The molecule has 0 bridgehead atoms. The summed E-state index contributed by atoms with van der Waals surface area (Å²) in [4.78, 5) is 25.2. The van der Waals surface area contributed by atoms with Gasteiger partial charge in [-0.3, -0.25) is 18.6 Å². The third kappa shape index (κ3) is 4.39. The maximum atomic E-state index is 12.9. The van der Waals surface area contributed by atoms with Crippen molar-refractivity contribution >= 4 is 11.6 Å². The summed E-state index contributed by atoms with van der Waals surface area (Å²) in [5, 5.41) is 11.1. The molecule has 0 saturated carbocycles. The summed E-state index contributed by atoms with van der Waals surface area (Å²) in [5.74, 6) is 1.25. The second-order valence-corrected chi connectivity index (χ2v) is 7.68. The molecular formula is C24H25N5O3. The highest BCUT2D eigenvalue weighted by atomic mass is 16.5. The van der Waals surface area contributed by atoms with Gasteiger partial charge in [-0.1, -0.05) is 18.2 Å². The van der Waals surface area contributed by atoms with E-state index in [0.29, 0.717) is 18.8 Å². The third-order valence-corrected chi connectivity index (χ3v) is 5.53. The molecule has 2 heterocycles. The van der Waals surface area contributed by atoms with Crippen molar-refractivity contribution in [3.8, 4) is 11.4 Å². The number of aromatic nitrogens is 4. The fourth-order valence-electron chi connectivity index (χ4n) is 3.44. The molecule has 8 heteroatoms. The number of ether oxygens (including phenoxy) is 1. The van der Waals surface area contributed by atoms with Crippen LogP contribution in [0.25, 0.3) is 11.3 Å². The minimum Gasteiger partial charge on any atom is -0.497 e. The normalized spacial score (nSPS) is 11.0. The largest absolute Gasteiger partial charge is 0.497 e. The van der Waals surface area contributed by atoms with Gasteiger partial charge < -0.3 is 10.1 Å². The molecule has 0 atom stereocenters. The van der Waals surface area contributed by atoms with Crippen LogP contribution in [0.2, 0.25) is 0 Å². The van der Waals surface area contributed by atoms with Crippen molar-refractivity contribution in [1.82, 2.24) is 24.5 Å². The van der Waals surface area contributed by atoms with Crippen LogP contribution < -0.4 is 15.6 Å². The van der Waals surface area contributed by atoms with E-state index >= 15 is 0 Å². The van der Waals surface area contributed by atoms with Crippen LogP contribution in [0.4, 0.5) is 0 Å². The van der Waals surface area contributed by atoms with Crippen LogP contribution in [0.1, 0.15) is 28.9 Å². The summed E-state index contributed by atoms with van der Waals surface area (Å²) in [5.41, 5.74) is 4.02. The lowest BCUT2D eigenvalue weighted by molar-refractivity contribution is -0.121. The summed E-state index contributed by atoms with van der Waals surface area (Å²) in [6.45, 7) is 4.48. The minimum absolute atomic E-state index is 0.0963. The van der Waals surface area contributed by atoms with E-state index in [4.69, 9.17) is 4.74 Å². The number of rotatable bonds is 7. The molecule has 1 amide bonds. The average Bonchev–Trinajstić information content (AvgIpc) is 3.23. The molecule has 32 heavy (non-hydrogen) atoms. The molecule has 0 aliphatic rings. The van der Waals surface area contributed by atoms with Crippen LogP contribution in [0.5, 0.6) is 5.75 Å². The monoisotopic (exact) mass is 431 g/mol. The molecule has 2 aromatic heterocycles. The SMILES string of the molecule is COc1ccc(CNC(=O)CCc2nnc3c(=O)n(-c4ccc(C)c(C)c4)ccn23)cc1. The summed E-state index contributed by atoms with van der Waals surface area (Å²) < 4.78 is 8.34. The zero-order valence-electron chi connectivity index (χ0n) is 18.3.